The molecule has 1 aromatic carbocycles. The summed E-state index contributed by atoms with van der Waals surface area (Å²) in [6.07, 6.45) is 6.23. The summed E-state index contributed by atoms with van der Waals surface area (Å²) in [4.78, 5) is 7.18. The summed E-state index contributed by atoms with van der Waals surface area (Å²) in [6.45, 7) is 9.17. The van der Waals surface area contributed by atoms with E-state index >= 15 is 0 Å². The number of anilines is 2. The van der Waals surface area contributed by atoms with Gasteiger partial charge in [0.05, 0.1) is 6.04 Å². The van der Waals surface area contributed by atoms with Crippen molar-refractivity contribution in [2.24, 2.45) is 0 Å². The van der Waals surface area contributed by atoms with Gasteiger partial charge in [-0.15, -0.1) is 5.10 Å². The standard InChI is InChI=1S/C22H25N5/c1-16(2)15-17(3)23-21-20-12-8-14-27(20)25-22(24-21)26-13-7-11-19(26)18-9-5-4-6-10-18/h4-6,8-10,12,14-15,19H,3,7,11,13H2,1-2H3,(H,23,24,25). The van der Waals surface area contributed by atoms with E-state index < -0.39 is 0 Å². The summed E-state index contributed by atoms with van der Waals surface area (Å²) in [7, 11) is 0. The lowest BCUT2D eigenvalue weighted by atomic mass is 10.1. The molecule has 4 rings (SSSR count). The number of hydrogen-bond donors (Lipinski definition) is 1. The Morgan fingerprint density at radius 1 is 1.19 bits per heavy atom. The van der Waals surface area contributed by atoms with E-state index in [1.165, 1.54) is 11.1 Å². The maximum atomic E-state index is 4.87. The van der Waals surface area contributed by atoms with Crippen LogP contribution in [-0.2, 0) is 0 Å². The van der Waals surface area contributed by atoms with Crippen LogP contribution < -0.4 is 10.2 Å². The molecule has 138 valence electrons. The molecular weight excluding hydrogens is 334 g/mol. The highest BCUT2D eigenvalue weighted by atomic mass is 15.4. The van der Waals surface area contributed by atoms with Crippen molar-refractivity contribution in [2.75, 3.05) is 16.8 Å². The average molecular weight is 359 g/mol. The SMILES string of the molecule is C=C(C=C(C)C)Nc1nc(N2CCCC2c2ccccc2)nn2cccc12. The fourth-order valence-corrected chi connectivity index (χ4v) is 3.70. The van der Waals surface area contributed by atoms with Crippen LogP contribution in [-0.4, -0.2) is 21.1 Å². The molecule has 5 nitrogen and oxygen atoms in total. The second kappa shape index (κ2) is 7.27. The predicted octanol–water partition coefficient (Wildman–Crippen LogP) is 4.96. The van der Waals surface area contributed by atoms with E-state index in [9.17, 15) is 0 Å². The van der Waals surface area contributed by atoms with Crippen LogP contribution in [0.15, 0.2) is 72.6 Å². The number of rotatable bonds is 5. The van der Waals surface area contributed by atoms with Crippen LogP contribution in [0.25, 0.3) is 5.52 Å². The van der Waals surface area contributed by atoms with Crippen LogP contribution in [0.2, 0.25) is 0 Å². The van der Waals surface area contributed by atoms with Gasteiger partial charge in [-0.3, -0.25) is 0 Å². The van der Waals surface area contributed by atoms with Crippen LogP contribution in [0, 0.1) is 0 Å². The van der Waals surface area contributed by atoms with Gasteiger partial charge in [0, 0.05) is 18.4 Å². The Balaban J connectivity index is 1.72. The van der Waals surface area contributed by atoms with Crippen LogP contribution in [0.5, 0.6) is 0 Å². The van der Waals surface area contributed by atoms with Crippen molar-refractivity contribution < 1.29 is 0 Å². The topological polar surface area (TPSA) is 45.5 Å². The monoisotopic (exact) mass is 359 g/mol. The summed E-state index contributed by atoms with van der Waals surface area (Å²) in [5.74, 6) is 1.53. The van der Waals surface area contributed by atoms with E-state index in [1.807, 2.05) is 28.9 Å². The Morgan fingerprint density at radius 2 is 2.00 bits per heavy atom. The molecule has 1 aliphatic rings. The van der Waals surface area contributed by atoms with Crippen molar-refractivity contribution in [3.63, 3.8) is 0 Å². The van der Waals surface area contributed by atoms with Crippen molar-refractivity contribution in [1.82, 2.24) is 14.6 Å². The Labute approximate surface area is 160 Å². The lowest BCUT2D eigenvalue weighted by molar-refractivity contribution is 0.690. The summed E-state index contributed by atoms with van der Waals surface area (Å²) >= 11 is 0. The number of aromatic nitrogens is 3. The zero-order chi connectivity index (χ0) is 18.8. The zero-order valence-corrected chi connectivity index (χ0v) is 15.9. The second-order valence-electron chi connectivity index (χ2n) is 7.23. The molecular formula is C22H25N5. The van der Waals surface area contributed by atoms with E-state index in [0.717, 1.165) is 42.4 Å². The number of fused-ring (bicyclic) bond motifs is 1. The lowest BCUT2D eigenvalue weighted by Gasteiger charge is -2.25. The van der Waals surface area contributed by atoms with Gasteiger partial charge < -0.3 is 10.2 Å². The molecule has 1 atom stereocenters. The fourth-order valence-electron chi connectivity index (χ4n) is 3.70. The zero-order valence-electron chi connectivity index (χ0n) is 15.9. The first-order valence-electron chi connectivity index (χ1n) is 9.39. The van der Waals surface area contributed by atoms with Gasteiger partial charge in [-0.25, -0.2) is 4.52 Å². The Hall–Kier alpha value is -3.08. The molecule has 3 aromatic rings. The third kappa shape index (κ3) is 3.58. The fraction of sp³-hybridized carbons (Fsp3) is 0.273. The van der Waals surface area contributed by atoms with Gasteiger partial charge in [0.2, 0.25) is 5.95 Å². The van der Waals surface area contributed by atoms with E-state index in [4.69, 9.17) is 10.1 Å². The summed E-state index contributed by atoms with van der Waals surface area (Å²) in [5, 5.41) is 8.12. The third-order valence-corrected chi connectivity index (χ3v) is 4.82. The maximum absolute atomic E-state index is 4.87. The van der Waals surface area contributed by atoms with Crippen molar-refractivity contribution in [3.8, 4) is 0 Å². The first-order chi connectivity index (χ1) is 13.1. The maximum Gasteiger partial charge on any atom is 0.246 e. The molecule has 5 heteroatoms. The van der Waals surface area contributed by atoms with Gasteiger partial charge >= 0.3 is 0 Å². The molecule has 0 aliphatic carbocycles. The van der Waals surface area contributed by atoms with E-state index in [1.54, 1.807) is 0 Å². The number of benzene rings is 1. The Morgan fingerprint density at radius 3 is 2.78 bits per heavy atom. The van der Waals surface area contributed by atoms with E-state index in [2.05, 4.69) is 61.0 Å². The van der Waals surface area contributed by atoms with E-state index in [-0.39, 0.29) is 0 Å². The van der Waals surface area contributed by atoms with Crippen molar-refractivity contribution in [1.29, 1.82) is 0 Å². The van der Waals surface area contributed by atoms with Crippen LogP contribution in [0.1, 0.15) is 38.3 Å². The summed E-state index contributed by atoms with van der Waals surface area (Å²) < 4.78 is 1.89. The number of allylic oxidation sites excluding steroid dienone is 2. The molecule has 0 spiro atoms. The molecule has 1 saturated heterocycles. The molecule has 1 N–H and O–H groups in total. The van der Waals surface area contributed by atoms with Gasteiger partial charge in [0.1, 0.15) is 5.52 Å². The molecule has 1 unspecified atom stereocenters. The minimum Gasteiger partial charge on any atom is -0.339 e. The minimum atomic E-state index is 0.313. The molecule has 0 radical (unpaired) electrons. The quantitative estimate of drug-likeness (QED) is 0.654. The predicted molar refractivity (Wildman–Crippen MR) is 111 cm³/mol. The Kier molecular flexibility index (Phi) is 4.67. The Bertz CT molecular complexity index is 982. The lowest BCUT2D eigenvalue weighted by Crippen LogP contribution is -2.25. The van der Waals surface area contributed by atoms with Gasteiger partial charge in [0.25, 0.3) is 0 Å². The number of hydrogen-bond acceptors (Lipinski definition) is 4. The first kappa shape index (κ1) is 17.3. The second-order valence-corrected chi connectivity index (χ2v) is 7.23. The molecule has 1 aliphatic heterocycles. The molecule has 0 amide bonds. The van der Waals surface area contributed by atoms with Crippen LogP contribution in [0.4, 0.5) is 11.8 Å². The molecule has 2 aromatic heterocycles. The van der Waals surface area contributed by atoms with Crippen molar-refractivity contribution in [3.05, 3.63) is 78.1 Å². The van der Waals surface area contributed by atoms with Gasteiger partial charge in [-0.1, -0.05) is 42.5 Å². The molecule has 27 heavy (non-hydrogen) atoms. The number of nitrogens with zero attached hydrogens (tertiary/aromatic N) is 4. The highest BCUT2D eigenvalue weighted by molar-refractivity contribution is 5.71. The smallest absolute Gasteiger partial charge is 0.246 e. The first-order valence-corrected chi connectivity index (χ1v) is 9.39. The number of nitrogens with one attached hydrogen (secondary N) is 1. The summed E-state index contributed by atoms with van der Waals surface area (Å²) in [5.41, 5.74) is 4.27. The largest absolute Gasteiger partial charge is 0.339 e. The highest BCUT2D eigenvalue weighted by Gasteiger charge is 2.28. The average Bonchev–Trinajstić information content (AvgIpc) is 3.31. The van der Waals surface area contributed by atoms with Gasteiger partial charge in [-0.2, -0.15) is 4.98 Å². The normalized spacial score (nSPS) is 16.5. The third-order valence-electron chi connectivity index (χ3n) is 4.82. The minimum absolute atomic E-state index is 0.313. The van der Waals surface area contributed by atoms with Crippen molar-refractivity contribution >= 4 is 17.3 Å². The molecule has 1 fully saturated rings. The van der Waals surface area contributed by atoms with Gasteiger partial charge in [-0.05, 0) is 50.5 Å². The summed E-state index contributed by atoms with van der Waals surface area (Å²) in [6, 6.07) is 14.9. The van der Waals surface area contributed by atoms with Gasteiger partial charge in [0.15, 0.2) is 5.82 Å². The molecule has 0 bridgehead atoms. The molecule has 3 heterocycles. The van der Waals surface area contributed by atoms with E-state index in [0.29, 0.717) is 6.04 Å². The highest BCUT2D eigenvalue weighted by Crippen LogP contribution is 2.35. The van der Waals surface area contributed by atoms with Crippen LogP contribution in [0.3, 0.4) is 0 Å². The molecule has 0 saturated carbocycles. The van der Waals surface area contributed by atoms with Crippen molar-refractivity contribution in [2.45, 2.75) is 32.7 Å². The van der Waals surface area contributed by atoms with Crippen LogP contribution >= 0.6 is 0 Å².